The molecule has 32 heavy (non-hydrogen) atoms. The predicted octanol–water partition coefficient (Wildman–Crippen LogP) is 3.82. The largest absolute Gasteiger partial charge is 0.368 e. The molecule has 4 rings (SSSR count). The molecule has 1 N–H and O–H groups in total. The van der Waals surface area contributed by atoms with E-state index in [9.17, 15) is 4.79 Å². The molecule has 3 aromatic rings. The van der Waals surface area contributed by atoms with E-state index in [1.807, 2.05) is 24.0 Å². The highest BCUT2D eigenvalue weighted by Gasteiger charge is 2.20. The topological polar surface area (TPSA) is 79.2 Å². The van der Waals surface area contributed by atoms with E-state index in [4.69, 9.17) is 0 Å². The molecule has 0 saturated carbocycles. The lowest BCUT2D eigenvalue weighted by atomic mass is 10.0. The number of hydrogen-bond donors (Lipinski definition) is 1. The first-order valence-corrected chi connectivity index (χ1v) is 11.6. The van der Waals surface area contributed by atoms with Crippen LogP contribution in [-0.2, 0) is 18.4 Å². The number of anilines is 2. The molecule has 170 valence electrons. The zero-order valence-electron chi connectivity index (χ0n) is 19.6. The number of hydrogen-bond acceptors (Lipinski definition) is 6. The van der Waals surface area contributed by atoms with Gasteiger partial charge in [0.05, 0.1) is 23.1 Å². The summed E-state index contributed by atoms with van der Waals surface area (Å²) in [6.45, 7) is 10.5. The second-order valence-electron chi connectivity index (χ2n) is 8.45. The maximum atomic E-state index is 11.8. The molecule has 0 aliphatic carbocycles. The quantitative estimate of drug-likeness (QED) is 0.608. The summed E-state index contributed by atoms with van der Waals surface area (Å²) >= 11 is 0. The standard InChI is InChI=1S/C24H33N7O/c1-5-31(6-2)23-19-14-18(10-11-21(19)27-28-24(23)26-17(3)32)20-15-25-29(4)22(20)16-30-12-8-7-9-13-30/h10-11,14-15H,5-9,12-13,16H2,1-4H3,(H,26,28,32). The van der Waals surface area contributed by atoms with Gasteiger partial charge in [0.2, 0.25) is 5.91 Å². The van der Waals surface area contributed by atoms with Crippen LogP contribution in [-0.4, -0.2) is 57.0 Å². The summed E-state index contributed by atoms with van der Waals surface area (Å²) in [7, 11) is 2.02. The van der Waals surface area contributed by atoms with Crippen LogP contribution in [0.3, 0.4) is 0 Å². The summed E-state index contributed by atoms with van der Waals surface area (Å²) in [5, 5.41) is 17.1. The van der Waals surface area contributed by atoms with Crippen molar-refractivity contribution in [3.05, 3.63) is 30.1 Å². The number of rotatable bonds is 7. The molecule has 3 heterocycles. The fourth-order valence-corrected chi connectivity index (χ4v) is 4.59. The van der Waals surface area contributed by atoms with Crippen molar-refractivity contribution in [1.29, 1.82) is 0 Å². The van der Waals surface area contributed by atoms with Crippen LogP contribution in [0, 0.1) is 0 Å². The number of likely N-dealkylation sites (tertiary alicyclic amines) is 1. The Balaban J connectivity index is 1.81. The molecule has 1 amide bonds. The van der Waals surface area contributed by atoms with Gasteiger partial charge in [-0.25, -0.2) is 0 Å². The minimum absolute atomic E-state index is 0.153. The molecule has 0 bridgehead atoms. The van der Waals surface area contributed by atoms with Gasteiger partial charge in [0.1, 0.15) is 0 Å². The van der Waals surface area contributed by atoms with E-state index in [1.54, 1.807) is 0 Å². The van der Waals surface area contributed by atoms with E-state index < -0.39 is 0 Å². The molecule has 2 aromatic heterocycles. The van der Waals surface area contributed by atoms with Gasteiger partial charge in [0.25, 0.3) is 0 Å². The van der Waals surface area contributed by atoms with Crippen molar-refractivity contribution in [3.8, 4) is 11.1 Å². The normalized spacial score (nSPS) is 14.6. The molecule has 0 radical (unpaired) electrons. The number of amides is 1. The Kier molecular flexibility index (Phi) is 6.69. The van der Waals surface area contributed by atoms with Crippen molar-refractivity contribution in [1.82, 2.24) is 24.9 Å². The Labute approximate surface area is 189 Å². The third kappa shape index (κ3) is 4.46. The summed E-state index contributed by atoms with van der Waals surface area (Å²) in [6, 6.07) is 6.28. The zero-order chi connectivity index (χ0) is 22.7. The summed E-state index contributed by atoms with van der Waals surface area (Å²) in [4.78, 5) is 16.5. The van der Waals surface area contributed by atoms with Gasteiger partial charge < -0.3 is 10.2 Å². The number of benzene rings is 1. The third-order valence-electron chi connectivity index (χ3n) is 6.30. The number of aryl methyl sites for hydroxylation is 1. The van der Waals surface area contributed by atoms with Crippen LogP contribution in [0.4, 0.5) is 11.5 Å². The molecule has 8 nitrogen and oxygen atoms in total. The number of aromatic nitrogens is 4. The van der Waals surface area contributed by atoms with Crippen molar-refractivity contribution < 1.29 is 4.79 Å². The maximum Gasteiger partial charge on any atom is 0.222 e. The lowest BCUT2D eigenvalue weighted by molar-refractivity contribution is -0.114. The number of nitrogens with zero attached hydrogens (tertiary/aromatic N) is 6. The molecule has 8 heteroatoms. The summed E-state index contributed by atoms with van der Waals surface area (Å²) in [6.07, 6.45) is 5.81. The van der Waals surface area contributed by atoms with Crippen LogP contribution in [0.5, 0.6) is 0 Å². The number of carbonyl (C=O) groups is 1. The fourth-order valence-electron chi connectivity index (χ4n) is 4.59. The first-order chi connectivity index (χ1) is 15.5. The molecule has 1 saturated heterocycles. The Morgan fingerprint density at radius 3 is 2.56 bits per heavy atom. The van der Waals surface area contributed by atoms with Crippen molar-refractivity contribution in [3.63, 3.8) is 0 Å². The number of nitrogens with one attached hydrogen (secondary N) is 1. The van der Waals surface area contributed by atoms with Crippen LogP contribution < -0.4 is 10.2 Å². The lowest BCUT2D eigenvalue weighted by Gasteiger charge is -2.27. The van der Waals surface area contributed by atoms with Gasteiger partial charge in [-0.15, -0.1) is 10.2 Å². The fraction of sp³-hybridized carbons (Fsp3) is 0.500. The van der Waals surface area contributed by atoms with Crippen molar-refractivity contribution >= 4 is 28.3 Å². The van der Waals surface area contributed by atoms with E-state index in [1.165, 1.54) is 31.9 Å². The Bertz CT molecular complexity index is 1100. The van der Waals surface area contributed by atoms with Gasteiger partial charge in [-0.05, 0) is 57.5 Å². The minimum Gasteiger partial charge on any atom is -0.368 e. The molecule has 1 fully saturated rings. The highest BCUT2D eigenvalue weighted by atomic mass is 16.1. The van der Waals surface area contributed by atoms with Crippen molar-refractivity contribution in [2.24, 2.45) is 7.05 Å². The van der Waals surface area contributed by atoms with Gasteiger partial charge >= 0.3 is 0 Å². The Hall–Kier alpha value is -3.00. The second kappa shape index (κ2) is 9.65. The molecule has 0 unspecified atom stereocenters. The first-order valence-electron chi connectivity index (χ1n) is 11.6. The maximum absolute atomic E-state index is 11.8. The van der Waals surface area contributed by atoms with Gasteiger partial charge in [0, 0.05) is 44.6 Å². The van der Waals surface area contributed by atoms with E-state index in [0.717, 1.165) is 60.4 Å². The zero-order valence-corrected chi connectivity index (χ0v) is 19.6. The molecule has 1 aliphatic heterocycles. The average molecular weight is 436 g/mol. The van der Waals surface area contributed by atoms with Crippen LogP contribution >= 0.6 is 0 Å². The molecule has 1 aromatic carbocycles. The average Bonchev–Trinajstić information content (AvgIpc) is 3.15. The molecule has 0 atom stereocenters. The molecule has 0 spiro atoms. The van der Waals surface area contributed by atoms with Crippen LogP contribution in [0.2, 0.25) is 0 Å². The van der Waals surface area contributed by atoms with Gasteiger partial charge in [0.15, 0.2) is 5.82 Å². The smallest absolute Gasteiger partial charge is 0.222 e. The highest BCUT2D eigenvalue weighted by molar-refractivity contribution is 6.02. The van der Waals surface area contributed by atoms with Crippen LogP contribution in [0.15, 0.2) is 24.4 Å². The third-order valence-corrected chi connectivity index (χ3v) is 6.30. The second-order valence-corrected chi connectivity index (χ2v) is 8.45. The van der Waals surface area contributed by atoms with Gasteiger partial charge in [-0.3, -0.25) is 14.4 Å². The van der Waals surface area contributed by atoms with E-state index in [0.29, 0.717) is 5.82 Å². The summed E-state index contributed by atoms with van der Waals surface area (Å²) in [5.74, 6) is 0.352. The SMILES string of the molecule is CCN(CC)c1c(NC(C)=O)nnc2ccc(-c3cnn(C)c3CN3CCCCC3)cc12. The number of fused-ring (bicyclic) bond motifs is 1. The predicted molar refractivity (Wildman–Crippen MR) is 129 cm³/mol. The van der Waals surface area contributed by atoms with Gasteiger partial charge in [-0.2, -0.15) is 5.10 Å². The number of piperidine rings is 1. The first kappa shape index (κ1) is 22.2. The summed E-state index contributed by atoms with van der Waals surface area (Å²) < 4.78 is 1.99. The minimum atomic E-state index is -0.153. The Morgan fingerprint density at radius 2 is 1.88 bits per heavy atom. The Morgan fingerprint density at radius 1 is 1.12 bits per heavy atom. The van der Waals surface area contributed by atoms with E-state index >= 15 is 0 Å². The van der Waals surface area contributed by atoms with E-state index in [-0.39, 0.29) is 5.91 Å². The molecular formula is C24H33N7O. The highest BCUT2D eigenvalue weighted by Crippen LogP contribution is 2.35. The lowest BCUT2D eigenvalue weighted by Crippen LogP contribution is -2.30. The summed E-state index contributed by atoms with van der Waals surface area (Å²) in [5.41, 5.74) is 5.20. The van der Waals surface area contributed by atoms with Crippen molar-refractivity contribution in [2.75, 3.05) is 36.4 Å². The van der Waals surface area contributed by atoms with Gasteiger partial charge in [-0.1, -0.05) is 12.5 Å². The monoisotopic (exact) mass is 435 g/mol. The molecule has 1 aliphatic rings. The van der Waals surface area contributed by atoms with Crippen molar-refractivity contribution in [2.45, 2.75) is 46.6 Å². The molecular weight excluding hydrogens is 402 g/mol. The van der Waals surface area contributed by atoms with Crippen LogP contribution in [0.1, 0.15) is 45.7 Å². The number of carbonyl (C=O) groups excluding carboxylic acids is 1. The van der Waals surface area contributed by atoms with Crippen LogP contribution in [0.25, 0.3) is 22.0 Å². The van der Waals surface area contributed by atoms with E-state index in [2.05, 4.69) is 56.4 Å².